The highest BCUT2D eigenvalue weighted by atomic mass is 16.5. The molecule has 6 heteroatoms. The summed E-state index contributed by atoms with van der Waals surface area (Å²) in [5, 5.41) is 18.3. The van der Waals surface area contributed by atoms with Gasteiger partial charge in [0.05, 0.1) is 18.9 Å². The van der Waals surface area contributed by atoms with Gasteiger partial charge in [-0.15, -0.1) is 0 Å². The topological polar surface area (TPSA) is 70.6 Å². The Kier molecular flexibility index (Phi) is 5.42. The minimum atomic E-state index is -1.03. The summed E-state index contributed by atoms with van der Waals surface area (Å²) in [6.45, 7) is 9.16. The molecule has 1 aliphatic rings. The lowest BCUT2D eigenvalue weighted by atomic mass is 10.1. The molecule has 1 aliphatic heterocycles. The standard InChI is InChI=1S/C19H27N3O3/c1-14-4-6-17(7-5-14)25-13-19(23)11-22(8-9-24-12-19)10-18-15(2)20-21-16(18)3/h4-7,23H,8-13H2,1-3H3,(H,20,21)/t19-/m1/s1. The van der Waals surface area contributed by atoms with E-state index in [-0.39, 0.29) is 13.2 Å². The first kappa shape index (κ1) is 17.9. The molecular weight excluding hydrogens is 318 g/mol. The molecule has 1 fully saturated rings. The van der Waals surface area contributed by atoms with E-state index in [9.17, 15) is 5.11 Å². The summed E-state index contributed by atoms with van der Waals surface area (Å²) in [6.07, 6.45) is 0. The third-order valence-corrected chi connectivity index (χ3v) is 4.63. The van der Waals surface area contributed by atoms with Crippen LogP contribution in [0.25, 0.3) is 0 Å². The quantitative estimate of drug-likeness (QED) is 0.867. The number of benzene rings is 1. The second-order valence-corrected chi connectivity index (χ2v) is 7.00. The molecule has 1 aromatic heterocycles. The molecule has 2 heterocycles. The molecular formula is C19H27N3O3. The maximum absolute atomic E-state index is 11.0. The molecule has 0 spiro atoms. The number of β-amino-alcohol motifs (C(OH)–C–C–N with tert-alkyl or cyclic N) is 1. The molecule has 0 aliphatic carbocycles. The second-order valence-electron chi connectivity index (χ2n) is 7.00. The zero-order valence-corrected chi connectivity index (χ0v) is 15.2. The summed E-state index contributed by atoms with van der Waals surface area (Å²) in [6, 6.07) is 7.85. The van der Waals surface area contributed by atoms with Crippen LogP contribution in [0.5, 0.6) is 5.75 Å². The predicted molar refractivity (Wildman–Crippen MR) is 95.8 cm³/mol. The molecule has 0 unspecified atom stereocenters. The van der Waals surface area contributed by atoms with E-state index in [0.29, 0.717) is 13.2 Å². The smallest absolute Gasteiger partial charge is 0.134 e. The van der Waals surface area contributed by atoms with Gasteiger partial charge in [-0.3, -0.25) is 10.00 Å². The van der Waals surface area contributed by atoms with E-state index >= 15 is 0 Å². The van der Waals surface area contributed by atoms with Gasteiger partial charge < -0.3 is 14.6 Å². The molecule has 0 amide bonds. The molecule has 1 atom stereocenters. The van der Waals surface area contributed by atoms with Crippen LogP contribution in [0, 0.1) is 20.8 Å². The van der Waals surface area contributed by atoms with E-state index in [1.807, 2.05) is 45.0 Å². The summed E-state index contributed by atoms with van der Waals surface area (Å²) < 4.78 is 11.4. The average Bonchev–Trinajstić information content (AvgIpc) is 2.79. The molecule has 136 valence electrons. The molecule has 2 N–H and O–H groups in total. The van der Waals surface area contributed by atoms with E-state index in [1.54, 1.807) is 0 Å². The Bertz CT molecular complexity index is 679. The fraction of sp³-hybridized carbons (Fsp3) is 0.526. The van der Waals surface area contributed by atoms with Gasteiger partial charge in [-0.2, -0.15) is 5.10 Å². The number of aliphatic hydroxyl groups is 1. The van der Waals surface area contributed by atoms with Gasteiger partial charge in [0, 0.05) is 30.9 Å². The molecule has 1 saturated heterocycles. The highest BCUT2D eigenvalue weighted by Crippen LogP contribution is 2.20. The zero-order valence-electron chi connectivity index (χ0n) is 15.2. The largest absolute Gasteiger partial charge is 0.490 e. The van der Waals surface area contributed by atoms with Crippen LogP contribution in [0.1, 0.15) is 22.5 Å². The molecule has 25 heavy (non-hydrogen) atoms. The Morgan fingerprint density at radius 2 is 2.04 bits per heavy atom. The van der Waals surface area contributed by atoms with Crippen molar-refractivity contribution in [3.8, 4) is 5.75 Å². The Hall–Kier alpha value is -1.89. The van der Waals surface area contributed by atoms with Crippen LogP contribution in [0.15, 0.2) is 24.3 Å². The van der Waals surface area contributed by atoms with Crippen molar-refractivity contribution in [2.75, 3.05) is 32.9 Å². The van der Waals surface area contributed by atoms with E-state index in [1.165, 1.54) is 11.1 Å². The third-order valence-electron chi connectivity index (χ3n) is 4.63. The first-order valence-corrected chi connectivity index (χ1v) is 8.68. The molecule has 6 nitrogen and oxygen atoms in total. The van der Waals surface area contributed by atoms with Gasteiger partial charge in [-0.25, -0.2) is 0 Å². The Morgan fingerprint density at radius 3 is 2.72 bits per heavy atom. The van der Waals surface area contributed by atoms with Crippen LogP contribution in [0.2, 0.25) is 0 Å². The summed E-state index contributed by atoms with van der Waals surface area (Å²) in [7, 11) is 0. The van der Waals surface area contributed by atoms with Crippen molar-refractivity contribution < 1.29 is 14.6 Å². The van der Waals surface area contributed by atoms with Gasteiger partial charge >= 0.3 is 0 Å². The number of H-pyrrole nitrogens is 1. The van der Waals surface area contributed by atoms with Gasteiger partial charge in [0.2, 0.25) is 0 Å². The number of nitrogens with zero attached hydrogens (tertiary/aromatic N) is 2. The van der Waals surface area contributed by atoms with Crippen molar-refractivity contribution in [2.45, 2.75) is 32.9 Å². The van der Waals surface area contributed by atoms with Crippen molar-refractivity contribution in [1.82, 2.24) is 15.1 Å². The maximum Gasteiger partial charge on any atom is 0.134 e. The Morgan fingerprint density at radius 1 is 1.28 bits per heavy atom. The van der Waals surface area contributed by atoms with Crippen molar-refractivity contribution in [3.63, 3.8) is 0 Å². The Balaban J connectivity index is 1.64. The van der Waals surface area contributed by atoms with Crippen LogP contribution in [-0.4, -0.2) is 58.7 Å². The van der Waals surface area contributed by atoms with Crippen LogP contribution in [0.3, 0.4) is 0 Å². The predicted octanol–water partition coefficient (Wildman–Crippen LogP) is 1.98. The number of aryl methyl sites for hydroxylation is 3. The van der Waals surface area contributed by atoms with Crippen LogP contribution in [-0.2, 0) is 11.3 Å². The summed E-state index contributed by atoms with van der Waals surface area (Å²) >= 11 is 0. The SMILES string of the molecule is Cc1ccc(OC[C@]2(O)COCCN(Cc3c(C)n[nH]c3C)C2)cc1. The summed E-state index contributed by atoms with van der Waals surface area (Å²) in [5.41, 5.74) is 3.40. The van der Waals surface area contributed by atoms with Crippen LogP contribution >= 0.6 is 0 Å². The molecule has 0 radical (unpaired) electrons. The van der Waals surface area contributed by atoms with Crippen molar-refractivity contribution in [3.05, 3.63) is 46.8 Å². The van der Waals surface area contributed by atoms with E-state index in [4.69, 9.17) is 9.47 Å². The highest BCUT2D eigenvalue weighted by Gasteiger charge is 2.34. The third kappa shape index (κ3) is 4.60. The van der Waals surface area contributed by atoms with Gasteiger partial charge in [0.25, 0.3) is 0 Å². The highest BCUT2D eigenvalue weighted by molar-refractivity contribution is 5.26. The summed E-state index contributed by atoms with van der Waals surface area (Å²) in [4.78, 5) is 2.20. The first-order chi connectivity index (χ1) is 12.0. The number of nitrogens with one attached hydrogen (secondary N) is 1. The van der Waals surface area contributed by atoms with E-state index in [0.717, 1.165) is 30.2 Å². The lowest BCUT2D eigenvalue weighted by molar-refractivity contribution is -0.0646. The van der Waals surface area contributed by atoms with E-state index in [2.05, 4.69) is 15.1 Å². The van der Waals surface area contributed by atoms with Crippen LogP contribution in [0.4, 0.5) is 0 Å². The lowest BCUT2D eigenvalue weighted by Gasteiger charge is -2.30. The van der Waals surface area contributed by atoms with Crippen molar-refractivity contribution in [2.24, 2.45) is 0 Å². The molecule has 2 aromatic rings. The van der Waals surface area contributed by atoms with Gasteiger partial charge in [-0.1, -0.05) is 17.7 Å². The van der Waals surface area contributed by atoms with Crippen LogP contribution < -0.4 is 4.74 Å². The fourth-order valence-corrected chi connectivity index (χ4v) is 3.10. The number of hydrogen-bond acceptors (Lipinski definition) is 5. The number of ether oxygens (including phenoxy) is 2. The number of aromatic nitrogens is 2. The first-order valence-electron chi connectivity index (χ1n) is 8.68. The van der Waals surface area contributed by atoms with Gasteiger partial charge in [0.1, 0.15) is 18.0 Å². The Labute approximate surface area is 148 Å². The minimum Gasteiger partial charge on any atom is -0.490 e. The molecule has 0 bridgehead atoms. The number of aromatic amines is 1. The van der Waals surface area contributed by atoms with Crippen molar-refractivity contribution in [1.29, 1.82) is 0 Å². The molecule has 3 rings (SSSR count). The minimum absolute atomic E-state index is 0.204. The number of rotatable bonds is 5. The normalized spacial score (nSPS) is 21.9. The average molecular weight is 345 g/mol. The molecule has 1 aromatic carbocycles. The monoisotopic (exact) mass is 345 g/mol. The van der Waals surface area contributed by atoms with Gasteiger partial charge in [0.15, 0.2) is 0 Å². The van der Waals surface area contributed by atoms with E-state index < -0.39 is 5.60 Å². The second kappa shape index (κ2) is 7.56. The lowest BCUT2D eigenvalue weighted by Crippen LogP contribution is -2.48. The van der Waals surface area contributed by atoms with Gasteiger partial charge in [-0.05, 0) is 32.9 Å². The summed E-state index contributed by atoms with van der Waals surface area (Å²) in [5.74, 6) is 0.761. The number of hydrogen-bond donors (Lipinski definition) is 2. The fourth-order valence-electron chi connectivity index (χ4n) is 3.10. The van der Waals surface area contributed by atoms with Crippen molar-refractivity contribution >= 4 is 0 Å². The zero-order chi connectivity index (χ0) is 17.9. The molecule has 0 saturated carbocycles. The maximum atomic E-state index is 11.0.